The molecule has 0 bridgehead atoms. The molecule has 0 spiro atoms. The van der Waals surface area contributed by atoms with Crippen LogP contribution in [0.3, 0.4) is 0 Å². The van der Waals surface area contributed by atoms with Crippen molar-refractivity contribution in [2.75, 3.05) is 26.3 Å². The highest BCUT2D eigenvalue weighted by Crippen LogP contribution is 2.34. The van der Waals surface area contributed by atoms with E-state index in [2.05, 4.69) is 14.8 Å². The van der Waals surface area contributed by atoms with Crippen molar-refractivity contribution in [1.82, 2.24) is 14.8 Å². The Morgan fingerprint density at radius 1 is 1.00 bits per heavy atom. The summed E-state index contributed by atoms with van der Waals surface area (Å²) in [6, 6.07) is 6.85. The Kier molecular flexibility index (Phi) is 10.9. The summed E-state index contributed by atoms with van der Waals surface area (Å²) in [6.45, 7) is 6.72. The van der Waals surface area contributed by atoms with Crippen LogP contribution in [0.25, 0.3) is 0 Å². The van der Waals surface area contributed by atoms with Gasteiger partial charge in [0.05, 0.1) is 12.2 Å². The van der Waals surface area contributed by atoms with E-state index in [1.807, 2.05) is 25.1 Å². The summed E-state index contributed by atoms with van der Waals surface area (Å²) in [4.78, 5) is 39.6. The third-order valence-electron chi connectivity index (χ3n) is 6.33. The van der Waals surface area contributed by atoms with Crippen LogP contribution in [-0.2, 0) is 25.7 Å². The highest BCUT2D eigenvalue weighted by atomic mass is 19.4. The number of carboxylic acid groups (broad SMARTS) is 2. The fraction of sp³-hybridized carbons (Fsp3) is 0.652. The van der Waals surface area contributed by atoms with Crippen LogP contribution in [0.5, 0.6) is 0 Å². The summed E-state index contributed by atoms with van der Waals surface area (Å²) in [5.41, 5.74) is 2.02. The number of carboxylic acids is 2. The normalized spacial score (nSPS) is 22.2. The number of hydrogen-bond donors (Lipinski definition) is 2. The number of amides is 1. The maximum Gasteiger partial charge on any atom is 0.490 e. The molecule has 4 rings (SSSR count). The molecule has 1 aromatic rings. The quantitative estimate of drug-likeness (QED) is 0.542. The number of ether oxygens (including phenoxy) is 1. The highest BCUT2D eigenvalue weighted by Gasteiger charge is 2.47. The number of alkyl halides is 6. The van der Waals surface area contributed by atoms with E-state index in [0.717, 1.165) is 50.0 Å². The van der Waals surface area contributed by atoms with Gasteiger partial charge < -0.3 is 19.8 Å². The SMILES string of the molecule is Cc1cccc(CN2C(=O)C[C@H]3[C@@H]2CCN3CC2CCOCC2)n1.O=C(O)C(F)(F)F.O=C(O)C(F)(F)F. The molecule has 1 aromatic heterocycles. The monoisotopic (exact) mass is 557 g/mol. The average molecular weight is 557 g/mol. The number of aryl methyl sites for hydroxylation is 1. The molecule has 3 aliphatic rings. The minimum atomic E-state index is -5.08. The first-order valence-corrected chi connectivity index (χ1v) is 11.7. The molecule has 0 saturated carbocycles. The first kappa shape index (κ1) is 31.3. The fourth-order valence-electron chi connectivity index (χ4n) is 4.56. The Morgan fingerprint density at radius 3 is 2.05 bits per heavy atom. The minimum absolute atomic E-state index is 0.296. The molecule has 0 aliphatic carbocycles. The number of nitrogens with zero attached hydrogens (tertiary/aromatic N) is 3. The summed E-state index contributed by atoms with van der Waals surface area (Å²) >= 11 is 0. The van der Waals surface area contributed by atoms with E-state index in [9.17, 15) is 31.1 Å². The topological polar surface area (TPSA) is 120 Å². The lowest BCUT2D eigenvalue weighted by atomic mass is 9.99. The predicted octanol–water partition coefficient (Wildman–Crippen LogP) is 3.26. The van der Waals surface area contributed by atoms with Gasteiger partial charge in [0.25, 0.3) is 0 Å². The van der Waals surface area contributed by atoms with Crippen LogP contribution in [0.1, 0.15) is 37.1 Å². The first-order chi connectivity index (χ1) is 17.6. The smallest absolute Gasteiger partial charge is 0.475 e. The molecule has 38 heavy (non-hydrogen) atoms. The van der Waals surface area contributed by atoms with Gasteiger partial charge in [-0.25, -0.2) is 9.59 Å². The standard InChI is InChI=1S/C19H27N3O2.2C2HF3O2/c1-14-3-2-4-16(20-14)13-22-17-5-8-21(18(17)11-19(22)23)12-15-6-9-24-10-7-15;2*3-2(4,5)1(6)7/h2-4,15,17-18H,5-13H2,1H3;2*(H,6,7)/t17-,18-;;/m0../s1. The molecular weight excluding hydrogens is 528 g/mol. The van der Waals surface area contributed by atoms with E-state index in [0.29, 0.717) is 31.0 Å². The zero-order chi connectivity index (χ0) is 28.7. The Bertz CT molecular complexity index is 944. The Morgan fingerprint density at radius 2 is 1.55 bits per heavy atom. The van der Waals surface area contributed by atoms with Gasteiger partial charge in [-0.15, -0.1) is 0 Å². The summed E-state index contributed by atoms with van der Waals surface area (Å²) in [5, 5.41) is 14.2. The number of fused-ring (bicyclic) bond motifs is 1. The molecule has 0 radical (unpaired) electrons. The van der Waals surface area contributed by atoms with Gasteiger partial charge in [0.15, 0.2) is 0 Å². The Balaban J connectivity index is 0.000000301. The van der Waals surface area contributed by atoms with E-state index < -0.39 is 24.3 Å². The van der Waals surface area contributed by atoms with Crippen LogP contribution in [0.15, 0.2) is 18.2 Å². The first-order valence-electron chi connectivity index (χ1n) is 11.7. The second-order valence-corrected chi connectivity index (χ2v) is 9.08. The number of rotatable bonds is 4. The molecule has 0 unspecified atom stereocenters. The van der Waals surface area contributed by atoms with Crippen LogP contribution in [-0.4, -0.2) is 93.6 Å². The van der Waals surface area contributed by atoms with Crippen molar-refractivity contribution in [3.05, 3.63) is 29.6 Å². The molecule has 2 N–H and O–H groups in total. The van der Waals surface area contributed by atoms with E-state index in [4.69, 9.17) is 24.5 Å². The number of aliphatic carboxylic acids is 2. The van der Waals surface area contributed by atoms with Gasteiger partial charge in [-0.3, -0.25) is 14.7 Å². The van der Waals surface area contributed by atoms with E-state index in [1.54, 1.807) is 0 Å². The molecule has 15 heteroatoms. The van der Waals surface area contributed by atoms with Gasteiger partial charge in [0, 0.05) is 50.5 Å². The van der Waals surface area contributed by atoms with Crippen LogP contribution < -0.4 is 0 Å². The molecule has 9 nitrogen and oxygen atoms in total. The summed E-state index contributed by atoms with van der Waals surface area (Å²) < 4.78 is 68.9. The molecule has 3 fully saturated rings. The number of likely N-dealkylation sites (tertiary alicyclic amines) is 2. The number of carbonyl (C=O) groups excluding carboxylic acids is 1. The number of pyridine rings is 1. The van der Waals surface area contributed by atoms with E-state index in [1.165, 1.54) is 12.8 Å². The number of aromatic nitrogens is 1. The van der Waals surface area contributed by atoms with Crippen molar-refractivity contribution in [2.45, 2.75) is 63.6 Å². The van der Waals surface area contributed by atoms with E-state index in [-0.39, 0.29) is 0 Å². The number of carbonyl (C=O) groups is 3. The zero-order valence-electron chi connectivity index (χ0n) is 20.5. The molecule has 214 valence electrons. The molecule has 1 amide bonds. The van der Waals surface area contributed by atoms with Crippen molar-refractivity contribution in [1.29, 1.82) is 0 Å². The van der Waals surface area contributed by atoms with Crippen LogP contribution >= 0.6 is 0 Å². The van der Waals surface area contributed by atoms with Gasteiger partial charge in [0.1, 0.15) is 0 Å². The number of hydrogen-bond acceptors (Lipinski definition) is 6. The molecule has 3 saturated heterocycles. The van der Waals surface area contributed by atoms with Gasteiger partial charge in [-0.05, 0) is 44.2 Å². The molecule has 0 aromatic carbocycles. The van der Waals surface area contributed by atoms with Crippen molar-refractivity contribution < 1.29 is 55.7 Å². The number of halogens is 6. The van der Waals surface area contributed by atoms with Gasteiger partial charge in [-0.2, -0.15) is 26.3 Å². The largest absolute Gasteiger partial charge is 0.490 e. The second-order valence-electron chi connectivity index (χ2n) is 9.08. The lowest BCUT2D eigenvalue weighted by Gasteiger charge is -2.30. The Labute approximate surface area is 214 Å². The van der Waals surface area contributed by atoms with Crippen molar-refractivity contribution in [3.63, 3.8) is 0 Å². The second kappa shape index (κ2) is 13.2. The summed E-state index contributed by atoms with van der Waals surface area (Å²) in [7, 11) is 0. The predicted molar refractivity (Wildman–Crippen MR) is 119 cm³/mol. The maximum absolute atomic E-state index is 12.6. The van der Waals surface area contributed by atoms with Gasteiger partial charge in [0.2, 0.25) is 5.91 Å². The lowest BCUT2D eigenvalue weighted by molar-refractivity contribution is -0.193. The Hall–Kier alpha value is -2.94. The van der Waals surface area contributed by atoms with Crippen molar-refractivity contribution in [3.8, 4) is 0 Å². The van der Waals surface area contributed by atoms with E-state index >= 15 is 0 Å². The maximum atomic E-state index is 12.6. The van der Waals surface area contributed by atoms with Crippen LogP contribution in [0, 0.1) is 12.8 Å². The average Bonchev–Trinajstić information content (AvgIpc) is 3.33. The minimum Gasteiger partial charge on any atom is -0.475 e. The third-order valence-corrected chi connectivity index (χ3v) is 6.33. The highest BCUT2D eigenvalue weighted by molar-refractivity contribution is 5.80. The van der Waals surface area contributed by atoms with Gasteiger partial charge >= 0.3 is 24.3 Å². The molecular formula is C23H29F6N3O6. The summed E-state index contributed by atoms with van der Waals surface area (Å²) in [6.07, 6.45) is -6.05. The lowest BCUT2D eigenvalue weighted by Crippen LogP contribution is -2.39. The summed E-state index contributed by atoms with van der Waals surface area (Å²) in [5.74, 6) is -4.48. The molecule has 3 aliphatic heterocycles. The zero-order valence-corrected chi connectivity index (χ0v) is 20.5. The van der Waals surface area contributed by atoms with Crippen LogP contribution in [0.2, 0.25) is 0 Å². The van der Waals surface area contributed by atoms with Crippen LogP contribution in [0.4, 0.5) is 26.3 Å². The molecule has 4 heterocycles. The third kappa shape index (κ3) is 9.42. The van der Waals surface area contributed by atoms with Crippen molar-refractivity contribution >= 4 is 17.8 Å². The fourth-order valence-corrected chi connectivity index (χ4v) is 4.56. The van der Waals surface area contributed by atoms with Crippen molar-refractivity contribution in [2.24, 2.45) is 5.92 Å². The van der Waals surface area contributed by atoms with Gasteiger partial charge in [-0.1, -0.05) is 6.07 Å². The molecule has 2 atom stereocenters.